The molecule has 0 saturated carbocycles. The van der Waals surface area contributed by atoms with Crippen LogP contribution in [-0.2, 0) is 23.4 Å². The minimum absolute atomic E-state index is 0.0438. The topological polar surface area (TPSA) is 89.1 Å². The lowest BCUT2D eigenvalue weighted by Gasteiger charge is -1.96. The molecule has 0 aliphatic rings. The van der Waals surface area contributed by atoms with E-state index in [1.165, 1.54) is 23.1 Å². The molecule has 0 amide bonds. The quantitative estimate of drug-likeness (QED) is 0.786. The van der Waals surface area contributed by atoms with Crippen molar-refractivity contribution >= 4 is 29.1 Å². The highest BCUT2D eigenvalue weighted by molar-refractivity contribution is 8.00. The first-order valence-electron chi connectivity index (χ1n) is 6.13. The van der Waals surface area contributed by atoms with Crippen molar-refractivity contribution in [3.8, 4) is 0 Å². The lowest BCUT2D eigenvalue weighted by Crippen LogP contribution is -1.99. The smallest absolute Gasteiger partial charge is 0.309 e. The van der Waals surface area contributed by atoms with E-state index in [2.05, 4.69) is 29.0 Å². The fourth-order valence-corrected chi connectivity index (χ4v) is 3.19. The van der Waals surface area contributed by atoms with Crippen LogP contribution in [0.4, 0.5) is 0 Å². The van der Waals surface area contributed by atoms with Gasteiger partial charge >= 0.3 is 5.97 Å². The van der Waals surface area contributed by atoms with Gasteiger partial charge in [0.15, 0.2) is 10.2 Å². The van der Waals surface area contributed by atoms with Crippen LogP contribution in [0.25, 0.3) is 0 Å². The van der Waals surface area contributed by atoms with Crippen molar-refractivity contribution in [1.82, 2.24) is 15.1 Å². The summed E-state index contributed by atoms with van der Waals surface area (Å²) in [6.07, 6.45) is 0.732. The number of hydrogen-bond donors (Lipinski definition) is 1. The molecule has 1 N–H and O–H groups in total. The molecule has 20 heavy (non-hydrogen) atoms. The number of hydrogen-bond acceptors (Lipinski definition) is 7. The molecule has 0 radical (unpaired) electrons. The number of rotatable bonds is 7. The fourth-order valence-electron chi connectivity index (χ4n) is 1.50. The maximum absolute atomic E-state index is 10.6. The monoisotopic (exact) mass is 313 g/mol. The summed E-state index contributed by atoms with van der Waals surface area (Å²) in [6, 6.07) is 0. The molecular formula is C12H15N3O3S2. The molecule has 0 fully saturated rings. The number of nitrogens with zero attached hydrogens (tertiary/aromatic N) is 3. The molecule has 2 aromatic rings. The minimum Gasteiger partial charge on any atom is -0.481 e. The standard InChI is InChI=1S/C12H15N3O3S2/c1-7(2)3-10-14-9(15-18-10)6-20-12-13-8(5-19-12)4-11(16)17/h5,7H,3-4,6H2,1-2H3,(H,16,17). The summed E-state index contributed by atoms with van der Waals surface area (Å²) in [5, 5.41) is 14.4. The van der Waals surface area contributed by atoms with E-state index in [1.54, 1.807) is 5.38 Å². The predicted octanol–water partition coefficient (Wildman–Crippen LogP) is 2.64. The third-order valence-electron chi connectivity index (χ3n) is 2.28. The van der Waals surface area contributed by atoms with E-state index < -0.39 is 5.97 Å². The molecule has 6 nitrogen and oxygen atoms in total. The molecular weight excluding hydrogens is 298 g/mol. The van der Waals surface area contributed by atoms with Gasteiger partial charge in [0.1, 0.15) is 0 Å². The number of carbonyl (C=O) groups is 1. The van der Waals surface area contributed by atoms with Gasteiger partial charge in [0, 0.05) is 11.8 Å². The summed E-state index contributed by atoms with van der Waals surface area (Å²) in [7, 11) is 0. The predicted molar refractivity (Wildman–Crippen MR) is 75.9 cm³/mol. The van der Waals surface area contributed by atoms with Crippen LogP contribution in [0.15, 0.2) is 14.2 Å². The molecule has 108 valence electrons. The fraction of sp³-hybridized carbons (Fsp3) is 0.500. The van der Waals surface area contributed by atoms with Gasteiger partial charge in [-0.2, -0.15) is 4.98 Å². The summed E-state index contributed by atoms with van der Waals surface area (Å²) in [4.78, 5) is 19.1. The Balaban J connectivity index is 1.87. The van der Waals surface area contributed by atoms with E-state index >= 15 is 0 Å². The van der Waals surface area contributed by atoms with Crippen LogP contribution in [0, 0.1) is 5.92 Å². The Morgan fingerprint density at radius 3 is 3.00 bits per heavy atom. The maximum Gasteiger partial charge on any atom is 0.309 e. The average molecular weight is 313 g/mol. The van der Waals surface area contributed by atoms with Crippen LogP contribution in [0.3, 0.4) is 0 Å². The van der Waals surface area contributed by atoms with Crippen LogP contribution < -0.4 is 0 Å². The van der Waals surface area contributed by atoms with E-state index in [1.807, 2.05) is 0 Å². The Kier molecular flexibility index (Phi) is 5.13. The number of carboxylic acids is 1. The zero-order valence-electron chi connectivity index (χ0n) is 11.2. The van der Waals surface area contributed by atoms with E-state index in [4.69, 9.17) is 9.63 Å². The molecule has 0 bridgehead atoms. The number of aromatic nitrogens is 3. The van der Waals surface area contributed by atoms with Crippen LogP contribution in [0.1, 0.15) is 31.3 Å². The molecule has 0 aliphatic heterocycles. The number of thiazole rings is 1. The van der Waals surface area contributed by atoms with E-state index in [-0.39, 0.29) is 6.42 Å². The third kappa shape index (κ3) is 4.61. The van der Waals surface area contributed by atoms with Crippen molar-refractivity contribution in [1.29, 1.82) is 0 Å². The minimum atomic E-state index is -0.872. The Hall–Kier alpha value is -1.41. The van der Waals surface area contributed by atoms with Gasteiger partial charge in [-0.25, -0.2) is 4.98 Å². The first kappa shape index (κ1) is 15.0. The molecule has 2 rings (SSSR count). The normalized spacial score (nSPS) is 11.2. The zero-order chi connectivity index (χ0) is 14.5. The van der Waals surface area contributed by atoms with Crippen molar-refractivity contribution in [2.45, 2.75) is 36.8 Å². The Morgan fingerprint density at radius 2 is 2.30 bits per heavy atom. The summed E-state index contributed by atoms with van der Waals surface area (Å²) in [6.45, 7) is 4.19. The van der Waals surface area contributed by atoms with Crippen LogP contribution in [0.2, 0.25) is 0 Å². The van der Waals surface area contributed by atoms with E-state index in [9.17, 15) is 4.79 Å². The summed E-state index contributed by atoms with van der Waals surface area (Å²) >= 11 is 2.91. The highest BCUT2D eigenvalue weighted by Crippen LogP contribution is 2.25. The number of thioether (sulfide) groups is 1. The van der Waals surface area contributed by atoms with Crippen molar-refractivity contribution in [3.05, 3.63) is 22.8 Å². The second-order valence-electron chi connectivity index (χ2n) is 4.67. The second kappa shape index (κ2) is 6.85. The van der Waals surface area contributed by atoms with Gasteiger partial charge < -0.3 is 9.63 Å². The molecule has 0 aromatic carbocycles. The number of aliphatic carboxylic acids is 1. The summed E-state index contributed by atoms with van der Waals surface area (Å²) in [5.74, 6) is 1.47. The molecule has 0 saturated heterocycles. The highest BCUT2D eigenvalue weighted by Gasteiger charge is 2.11. The molecule has 0 spiro atoms. The lowest BCUT2D eigenvalue weighted by atomic mass is 10.1. The SMILES string of the molecule is CC(C)Cc1nc(CSc2nc(CC(=O)O)cs2)no1. The molecule has 2 aromatic heterocycles. The second-order valence-corrected chi connectivity index (χ2v) is 6.75. The van der Waals surface area contributed by atoms with Crippen molar-refractivity contribution in [2.24, 2.45) is 5.92 Å². The van der Waals surface area contributed by atoms with E-state index in [0.29, 0.717) is 29.1 Å². The molecule has 8 heteroatoms. The van der Waals surface area contributed by atoms with Gasteiger partial charge in [-0.1, -0.05) is 30.8 Å². The van der Waals surface area contributed by atoms with Crippen LogP contribution in [-0.4, -0.2) is 26.2 Å². The zero-order valence-corrected chi connectivity index (χ0v) is 12.8. The highest BCUT2D eigenvalue weighted by atomic mass is 32.2. The van der Waals surface area contributed by atoms with Crippen LogP contribution >= 0.6 is 23.1 Å². The average Bonchev–Trinajstić information content (AvgIpc) is 2.94. The Labute approximate surface area is 124 Å². The largest absolute Gasteiger partial charge is 0.481 e. The first-order chi connectivity index (χ1) is 9.52. The van der Waals surface area contributed by atoms with Gasteiger partial charge in [0.25, 0.3) is 0 Å². The summed E-state index contributed by atoms with van der Waals surface area (Å²) < 4.78 is 5.97. The van der Waals surface area contributed by atoms with Gasteiger partial charge in [-0.3, -0.25) is 4.79 Å². The van der Waals surface area contributed by atoms with Crippen molar-refractivity contribution in [3.63, 3.8) is 0 Å². The third-order valence-corrected chi connectivity index (χ3v) is 4.35. The molecule has 0 unspecified atom stereocenters. The maximum atomic E-state index is 10.6. The summed E-state index contributed by atoms with van der Waals surface area (Å²) in [5.41, 5.74) is 0.582. The Bertz CT molecular complexity index is 580. The Morgan fingerprint density at radius 1 is 1.50 bits per heavy atom. The molecule has 2 heterocycles. The van der Waals surface area contributed by atoms with Gasteiger partial charge in [-0.05, 0) is 5.92 Å². The van der Waals surface area contributed by atoms with Gasteiger partial charge in [0.05, 0.1) is 17.9 Å². The lowest BCUT2D eigenvalue weighted by molar-refractivity contribution is -0.136. The van der Waals surface area contributed by atoms with E-state index in [0.717, 1.165) is 10.8 Å². The molecule has 0 atom stereocenters. The van der Waals surface area contributed by atoms with Gasteiger partial charge in [0.2, 0.25) is 5.89 Å². The molecule has 0 aliphatic carbocycles. The van der Waals surface area contributed by atoms with Crippen LogP contribution in [0.5, 0.6) is 0 Å². The number of carboxylic acid groups (broad SMARTS) is 1. The van der Waals surface area contributed by atoms with Gasteiger partial charge in [-0.15, -0.1) is 11.3 Å². The van der Waals surface area contributed by atoms with Crippen molar-refractivity contribution < 1.29 is 14.4 Å². The first-order valence-corrected chi connectivity index (χ1v) is 8.00. The van der Waals surface area contributed by atoms with Crippen molar-refractivity contribution in [2.75, 3.05) is 0 Å².